The van der Waals surface area contributed by atoms with Crippen LogP contribution in [0.2, 0.25) is 0 Å². The molecule has 7 heavy (non-hydrogen) atoms. The molecule has 0 rings (SSSR count). The van der Waals surface area contributed by atoms with E-state index in [9.17, 15) is 0 Å². The van der Waals surface area contributed by atoms with Crippen LogP contribution in [-0.2, 0) is 7.67 Å². The first-order valence-corrected chi connectivity index (χ1v) is 3.46. The van der Waals surface area contributed by atoms with E-state index >= 15 is 0 Å². The summed E-state index contributed by atoms with van der Waals surface area (Å²) in [6, 6.07) is 0. The number of hydrogen-bond acceptors (Lipinski definition) is 4. The fourth-order valence-corrected chi connectivity index (χ4v) is 0. The van der Waals surface area contributed by atoms with Gasteiger partial charge in [0.25, 0.3) is 0 Å². The van der Waals surface area contributed by atoms with Gasteiger partial charge in [-0.1, -0.05) is 0 Å². The van der Waals surface area contributed by atoms with Crippen molar-refractivity contribution in [1.82, 2.24) is 0 Å². The van der Waals surface area contributed by atoms with E-state index in [2.05, 4.69) is 0 Å². The summed E-state index contributed by atoms with van der Waals surface area (Å²) in [6.07, 6.45) is 0. The minimum Gasteiger partial charge on any atom is -1.00 e. The molecule has 0 amide bonds. The van der Waals surface area contributed by atoms with Crippen molar-refractivity contribution in [2.75, 3.05) is 0 Å². The summed E-state index contributed by atoms with van der Waals surface area (Å²) < 4.78 is 34.4. The summed E-state index contributed by atoms with van der Waals surface area (Å²) in [6.45, 7) is 0. The second-order valence-corrected chi connectivity index (χ2v) is 2.12. The van der Waals surface area contributed by atoms with Crippen LogP contribution in [0.5, 0.6) is 0 Å². The summed E-state index contributed by atoms with van der Waals surface area (Å²) in [5, 5.41) is 0. The Hall–Kier alpha value is 1.68. The van der Waals surface area contributed by atoms with Crippen molar-refractivity contribution < 1.29 is 69.3 Å². The van der Waals surface area contributed by atoms with E-state index in [0.717, 1.165) is 0 Å². The van der Waals surface area contributed by atoms with Crippen molar-refractivity contribution in [2.24, 2.45) is 0 Å². The van der Waals surface area contributed by atoms with Crippen LogP contribution < -0.4 is 20.8 Å². The second-order valence-electron chi connectivity index (χ2n) is 0.408. The minimum absolute atomic E-state index is 0. The Bertz CT molecular complexity index is 94.9. The Morgan fingerprint density at radius 1 is 1.14 bits per heavy atom. The van der Waals surface area contributed by atoms with Crippen molar-refractivity contribution >= 4 is 13.4 Å². The van der Waals surface area contributed by atoms with Gasteiger partial charge < -0.3 is 12.4 Å². The van der Waals surface area contributed by atoms with Gasteiger partial charge in [0, 0.05) is 0 Å². The van der Waals surface area contributed by atoms with E-state index in [-0.39, 0.29) is 53.2 Å². The maximum Gasteiger partial charge on any atom is 3.00 e. The van der Waals surface area contributed by atoms with Gasteiger partial charge in [0.2, 0.25) is 0 Å². The van der Waals surface area contributed by atoms with Crippen LogP contribution in [0.1, 0.15) is 0 Å². The smallest absolute Gasteiger partial charge is 1.00 e. The summed E-state index contributed by atoms with van der Waals surface area (Å²) in [7, 11) is 0. The first kappa shape index (κ1) is 15.9. The van der Waals surface area contributed by atoms with Gasteiger partial charge in [0.1, 0.15) is 0 Å². The zero-order valence-electron chi connectivity index (χ0n) is 2.92. The van der Waals surface area contributed by atoms with Crippen molar-refractivity contribution in [2.45, 2.75) is 0 Å². The molecule has 0 unspecified atom stereocenters. The van der Waals surface area contributed by atoms with Gasteiger partial charge in [0.05, 0.1) is 0 Å². The zero-order chi connectivity index (χ0) is 4.50. The molecule has 0 aromatic heterocycles. The monoisotopic (exact) mass is 321 g/mol. The Balaban J connectivity index is -0.0000000800. The van der Waals surface area contributed by atoms with Crippen LogP contribution in [0.3, 0.4) is 0 Å². The molecule has 0 saturated heterocycles. The van der Waals surface area contributed by atoms with Crippen molar-refractivity contribution in [1.29, 1.82) is 0 Å². The molecule has 4 nitrogen and oxygen atoms in total. The molecule has 0 aromatic rings. The van der Waals surface area contributed by atoms with E-state index in [4.69, 9.17) is 16.0 Å². The van der Waals surface area contributed by atoms with Crippen molar-refractivity contribution in [3.63, 3.8) is 0 Å². The maximum absolute atomic E-state index is 8.59. The fraction of sp³-hybridized carbons (Fsp3) is 0. The fourth-order valence-electron chi connectivity index (χ4n) is 0. The Morgan fingerprint density at radius 3 is 1.14 bits per heavy atom. The predicted octanol–water partition coefficient (Wildman–Crippen LogP) is -5.99. The van der Waals surface area contributed by atoms with Crippen LogP contribution in [0.15, 0.2) is 0 Å². The molecule has 0 bridgehead atoms. The van der Waals surface area contributed by atoms with E-state index in [1.165, 1.54) is 0 Å². The molecule has 7 heteroatoms. The normalized spacial score (nSPS) is 8.29. The molecule has 0 spiro atoms. The molecule has 0 heterocycles. The van der Waals surface area contributed by atoms with Crippen LogP contribution in [0.4, 0.5) is 0 Å². The van der Waals surface area contributed by atoms with E-state index in [0.29, 0.717) is 0 Å². The summed E-state index contributed by atoms with van der Waals surface area (Å²) in [5.41, 5.74) is 0. The number of rotatable bonds is 0. The molecule has 0 saturated carbocycles. The molecule has 41 valence electrons. The third-order valence-electron chi connectivity index (χ3n) is 0. The first-order valence-electron chi connectivity index (χ1n) is 0.667. The molecule has 0 atom stereocenters. The minimum atomic E-state index is -5.75. The third-order valence-corrected chi connectivity index (χ3v) is 0. The average Bonchev–Trinajstić information content (AvgIpc) is 0.722. The van der Waals surface area contributed by atoms with Crippen molar-refractivity contribution in [3.8, 4) is 0 Å². The van der Waals surface area contributed by atoms with Crippen molar-refractivity contribution in [3.05, 3.63) is 0 Å². The molecule has 0 N–H and O–H groups in total. The Morgan fingerprint density at radius 2 is 1.14 bits per heavy atom. The number of halogens is 1. The van der Waals surface area contributed by atoms with Gasteiger partial charge in [0.15, 0.2) is 0 Å². The SMILES string of the molecule is O=[Se](=O)([O-])[O-].[Cl-].[Nd+3]. The topological polar surface area (TPSA) is 80.3 Å². The van der Waals surface area contributed by atoms with E-state index < -0.39 is 13.4 Å². The van der Waals surface area contributed by atoms with Gasteiger partial charge in [-0.2, -0.15) is 0 Å². The van der Waals surface area contributed by atoms with Gasteiger partial charge in [-0.15, -0.1) is 0 Å². The Kier molecular flexibility index (Phi) is 13.2. The molecule has 1 radical (unpaired) electrons. The molecule has 0 aliphatic carbocycles. The first-order chi connectivity index (χ1) is 2.00. The molecular formula is ClNdO4Se. The Labute approximate surface area is 81.5 Å². The van der Waals surface area contributed by atoms with Gasteiger partial charge in [-0.25, -0.2) is 0 Å². The summed E-state index contributed by atoms with van der Waals surface area (Å²) in [5.74, 6) is 0. The van der Waals surface area contributed by atoms with Crippen LogP contribution in [0, 0.1) is 40.8 Å². The second kappa shape index (κ2) is 5.81. The molecule has 0 aromatic carbocycles. The largest absolute Gasteiger partial charge is 3.00 e. The van der Waals surface area contributed by atoms with Crippen LogP contribution in [-0.4, -0.2) is 13.4 Å². The molecular weight excluding hydrogens is 323 g/mol. The molecule has 0 aliphatic heterocycles. The molecule has 0 fully saturated rings. The standard InChI is InChI=1S/ClH.Nd.H2O4Se/c;;1-5(2,3)4/h1H;;(H2,1,2,3,4)/q;+3;/p-3. The van der Waals surface area contributed by atoms with E-state index in [1.807, 2.05) is 0 Å². The summed E-state index contributed by atoms with van der Waals surface area (Å²) in [4.78, 5) is 0. The van der Waals surface area contributed by atoms with Gasteiger partial charge in [-0.05, 0) is 0 Å². The van der Waals surface area contributed by atoms with Crippen LogP contribution >= 0.6 is 0 Å². The predicted molar refractivity (Wildman–Crippen MR) is 7.13 cm³/mol. The average molecular weight is 323 g/mol. The van der Waals surface area contributed by atoms with E-state index in [1.54, 1.807) is 0 Å². The quantitative estimate of drug-likeness (QED) is 0.416. The van der Waals surface area contributed by atoms with Gasteiger partial charge in [-0.3, -0.25) is 0 Å². The maximum atomic E-state index is 8.59. The number of hydrogen-bond donors (Lipinski definition) is 0. The summed E-state index contributed by atoms with van der Waals surface area (Å²) >= 11 is -5.75. The van der Waals surface area contributed by atoms with Gasteiger partial charge >= 0.3 is 70.3 Å². The third kappa shape index (κ3) is 87.8. The van der Waals surface area contributed by atoms with Crippen LogP contribution in [0.25, 0.3) is 0 Å². The molecule has 0 aliphatic rings. The zero-order valence-corrected chi connectivity index (χ0v) is 8.60.